The fraction of sp³-hybridized carbons (Fsp3) is 0.529. The van der Waals surface area contributed by atoms with Crippen LogP contribution in [0.4, 0.5) is 0 Å². The Bertz CT molecular complexity index is 500. The third-order valence-electron chi connectivity index (χ3n) is 3.33. The molecule has 0 aliphatic rings. The Morgan fingerprint density at radius 3 is 2.27 bits per heavy atom. The van der Waals surface area contributed by atoms with E-state index in [0.717, 1.165) is 12.0 Å². The first-order valence-electron chi connectivity index (χ1n) is 7.69. The smallest absolute Gasteiger partial charge is 0.242 e. The normalized spacial score (nSPS) is 12.1. The first-order chi connectivity index (χ1) is 10.3. The molecule has 22 heavy (non-hydrogen) atoms. The average molecular weight is 325 g/mol. The maximum absolute atomic E-state index is 12.4. The van der Waals surface area contributed by atoms with Gasteiger partial charge in [-0.05, 0) is 44.9 Å². The summed E-state index contributed by atoms with van der Waals surface area (Å²) >= 11 is 5.89. The summed E-state index contributed by atoms with van der Waals surface area (Å²) in [6.45, 7) is 7.94. The van der Waals surface area contributed by atoms with Crippen molar-refractivity contribution in [3.63, 3.8) is 0 Å². The van der Waals surface area contributed by atoms with Crippen LogP contribution >= 0.6 is 11.6 Å². The summed E-state index contributed by atoms with van der Waals surface area (Å²) in [5, 5.41) is 3.51. The molecule has 0 unspecified atom stereocenters. The van der Waals surface area contributed by atoms with Crippen LogP contribution in [0.1, 0.15) is 46.1 Å². The van der Waals surface area contributed by atoms with Crippen molar-refractivity contribution < 1.29 is 9.59 Å². The summed E-state index contributed by atoms with van der Waals surface area (Å²) in [5.41, 5.74) is 0.957. The van der Waals surface area contributed by atoms with E-state index in [4.69, 9.17) is 11.6 Å². The van der Waals surface area contributed by atoms with Crippen LogP contribution in [0, 0.1) is 0 Å². The van der Waals surface area contributed by atoms with Gasteiger partial charge in [-0.1, -0.05) is 30.7 Å². The summed E-state index contributed by atoms with van der Waals surface area (Å²) in [4.78, 5) is 26.2. The Kier molecular flexibility index (Phi) is 7.39. The van der Waals surface area contributed by atoms with Crippen molar-refractivity contribution in [3.8, 4) is 0 Å². The van der Waals surface area contributed by atoms with Crippen LogP contribution in [0.5, 0.6) is 0 Å². The summed E-state index contributed by atoms with van der Waals surface area (Å²) in [6.07, 6.45) is 1.20. The van der Waals surface area contributed by atoms with Gasteiger partial charge >= 0.3 is 0 Å². The van der Waals surface area contributed by atoms with Gasteiger partial charge in [-0.2, -0.15) is 0 Å². The topological polar surface area (TPSA) is 49.4 Å². The number of rotatable bonds is 7. The Hall–Kier alpha value is -1.55. The molecule has 2 amide bonds. The number of benzene rings is 1. The average Bonchev–Trinajstić information content (AvgIpc) is 2.45. The van der Waals surface area contributed by atoms with Gasteiger partial charge in [0.25, 0.3) is 0 Å². The lowest BCUT2D eigenvalue weighted by Gasteiger charge is -2.29. The summed E-state index contributed by atoms with van der Waals surface area (Å²) < 4.78 is 0. The number of nitrogens with one attached hydrogen (secondary N) is 1. The molecule has 1 N–H and O–H groups in total. The highest BCUT2D eigenvalue weighted by atomic mass is 35.5. The zero-order valence-electron chi connectivity index (χ0n) is 13.7. The predicted octanol–water partition coefficient (Wildman–Crippen LogP) is 3.38. The zero-order valence-corrected chi connectivity index (χ0v) is 14.5. The number of nitrogens with zero attached hydrogens (tertiary/aromatic N) is 1. The molecule has 0 aliphatic heterocycles. The maximum atomic E-state index is 12.4. The molecule has 4 nitrogen and oxygen atoms in total. The second kappa shape index (κ2) is 8.79. The van der Waals surface area contributed by atoms with E-state index in [-0.39, 0.29) is 17.9 Å². The Morgan fingerprint density at radius 2 is 1.77 bits per heavy atom. The molecular weight excluding hydrogens is 300 g/mol. The van der Waals surface area contributed by atoms with Gasteiger partial charge in [-0.3, -0.25) is 9.59 Å². The van der Waals surface area contributed by atoms with Crippen molar-refractivity contribution in [2.24, 2.45) is 0 Å². The van der Waals surface area contributed by atoms with Gasteiger partial charge in [0.2, 0.25) is 11.8 Å². The third kappa shape index (κ3) is 5.68. The molecule has 1 aromatic rings. The van der Waals surface area contributed by atoms with Crippen molar-refractivity contribution in [1.29, 1.82) is 0 Å². The molecule has 1 atom stereocenters. The highest BCUT2D eigenvalue weighted by Crippen LogP contribution is 2.15. The fourth-order valence-electron chi connectivity index (χ4n) is 2.13. The van der Waals surface area contributed by atoms with Crippen LogP contribution in [0.2, 0.25) is 5.02 Å². The third-order valence-corrected chi connectivity index (χ3v) is 3.58. The zero-order chi connectivity index (χ0) is 16.7. The van der Waals surface area contributed by atoms with Gasteiger partial charge in [0.1, 0.15) is 6.04 Å². The molecule has 0 radical (unpaired) electrons. The molecule has 0 fully saturated rings. The minimum absolute atomic E-state index is 0.0103. The molecular formula is C17H25ClN2O2. The van der Waals surface area contributed by atoms with Gasteiger partial charge in [-0.15, -0.1) is 0 Å². The van der Waals surface area contributed by atoms with E-state index in [9.17, 15) is 9.59 Å². The first kappa shape index (κ1) is 18.5. The molecule has 0 spiro atoms. The summed E-state index contributed by atoms with van der Waals surface area (Å²) in [7, 11) is 0. The molecule has 0 aliphatic carbocycles. The number of hydrogen-bond acceptors (Lipinski definition) is 2. The maximum Gasteiger partial charge on any atom is 0.242 e. The molecule has 1 rings (SSSR count). The summed E-state index contributed by atoms with van der Waals surface area (Å²) in [5.74, 6) is -0.141. The molecule has 0 aromatic heterocycles. The van der Waals surface area contributed by atoms with Crippen LogP contribution in [0.3, 0.4) is 0 Å². The van der Waals surface area contributed by atoms with Crippen molar-refractivity contribution in [3.05, 3.63) is 34.9 Å². The number of carbonyl (C=O) groups is 2. The van der Waals surface area contributed by atoms with Gasteiger partial charge in [0.15, 0.2) is 0 Å². The van der Waals surface area contributed by atoms with Gasteiger partial charge in [0, 0.05) is 24.0 Å². The lowest BCUT2D eigenvalue weighted by molar-refractivity contribution is -0.140. The minimum Gasteiger partial charge on any atom is -0.352 e. The van der Waals surface area contributed by atoms with Gasteiger partial charge < -0.3 is 10.2 Å². The van der Waals surface area contributed by atoms with Crippen LogP contribution in [0.15, 0.2) is 24.3 Å². The SMILES string of the molecule is CCCC(=O)N(Cc1ccc(Cl)cc1)[C@H](C)C(=O)NC(C)C. The van der Waals surface area contributed by atoms with E-state index >= 15 is 0 Å². The second-order valence-corrected chi connectivity index (χ2v) is 6.17. The second-order valence-electron chi connectivity index (χ2n) is 5.74. The van der Waals surface area contributed by atoms with Crippen molar-refractivity contribution in [2.45, 2.75) is 59.2 Å². The number of hydrogen-bond donors (Lipinski definition) is 1. The number of amides is 2. The molecule has 1 aromatic carbocycles. The minimum atomic E-state index is -0.503. The first-order valence-corrected chi connectivity index (χ1v) is 8.07. The molecule has 0 saturated heterocycles. The highest BCUT2D eigenvalue weighted by Gasteiger charge is 2.25. The molecule has 0 saturated carbocycles. The Labute approximate surface area is 137 Å². The lowest BCUT2D eigenvalue weighted by atomic mass is 10.1. The molecule has 5 heteroatoms. The van der Waals surface area contributed by atoms with Crippen molar-refractivity contribution >= 4 is 23.4 Å². The quantitative estimate of drug-likeness (QED) is 0.836. The largest absolute Gasteiger partial charge is 0.352 e. The Balaban J connectivity index is 2.89. The predicted molar refractivity (Wildman–Crippen MR) is 89.7 cm³/mol. The van der Waals surface area contributed by atoms with Crippen molar-refractivity contribution in [1.82, 2.24) is 10.2 Å². The number of halogens is 1. The van der Waals surface area contributed by atoms with Crippen LogP contribution in [0.25, 0.3) is 0 Å². The van der Waals surface area contributed by atoms with E-state index in [1.54, 1.807) is 24.0 Å². The Morgan fingerprint density at radius 1 is 1.18 bits per heavy atom. The van der Waals surface area contributed by atoms with Crippen LogP contribution < -0.4 is 5.32 Å². The lowest BCUT2D eigenvalue weighted by Crippen LogP contribution is -2.49. The van der Waals surface area contributed by atoms with Crippen molar-refractivity contribution in [2.75, 3.05) is 0 Å². The molecule has 0 heterocycles. The molecule has 122 valence electrons. The van der Waals surface area contributed by atoms with E-state index in [0.29, 0.717) is 18.0 Å². The van der Waals surface area contributed by atoms with Crippen LogP contribution in [-0.2, 0) is 16.1 Å². The summed E-state index contributed by atoms with van der Waals surface area (Å²) in [6, 6.07) is 6.88. The monoisotopic (exact) mass is 324 g/mol. The van der Waals surface area contributed by atoms with Gasteiger partial charge in [0.05, 0.1) is 0 Å². The fourth-order valence-corrected chi connectivity index (χ4v) is 2.26. The van der Waals surface area contributed by atoms with Gasteiger partial charge in [-0.25, -0.2) is 0 Å². The van der Waals surface area contributed by atoms with Crippen LogP contribution in [-0.4, -0.2) is 28.8 Å². The standard InChI is InChI=1S/C17H25ClN2O2/c1-5-6-16(21)20(13(4)17(22)19-12(2)3)11-14-7-9-15(18)10-8-14/h7-10,12-13H,5-6,11H2,1-4H3,(H,19,22)/t13-/m1/s1. The van der Waals surface area contributed by atoms with E-state index in [2.05, 4.69) is 5.32 Å². The molecule has 0 bridgehead atoms. The number of carbonyl (C=O) groups excluding carboxylic acids is 2. The van der Waals surface area contributed by atoms with E-state index in [1.807, 2.05) is 32.9 Å². The van der Waals surface area contributed by atoms with E-state index < -0.39 is 6.04 Å². The van der Waals surface area contributed by atoms with E-state index in [1.165, 1.54) is 0 Å². The highest BCUT2D eigenvalue weighted by molar-refractivity contribution is 6.30.